The summed E-state index contributed by atoms with van der Waals surface area (Å²) in [6.07, 6.45) is 10.3. The monoisotopic (exact) mass is 536 g/mol. The van der Waals surface area contributed by atoms with Crippen LogP contribution in [0, 0.1) is 6.92 Å². The number of halogens is 1. The van der Waals surface area contributed by atoms with E-state index in [0.29, 0.717) is 24.3 Å². The van der Waals surface area contributed by atoms with Crippen LogP contribution in [0.3, 0.4) is 0 Å². The van der Waals surface area contributed by atoms with Crippen molar-refractivity contribution in [2.75, 3.05) is 27.2 Å². The van der Waals surface area contributed by atoms with E-state index in [0.717, 1.165) is 44.1 Å². The topological polar surface area (TPSA) is 129 Å². The third kappa shape index (κ3) is 19.2. The van der Waals surface area contributed by atoms with Gasteiger partial charge in [-0.25, -0.2) is 12.7 Å². The number of carboxylic acid groups (broad SMARTS) is 2. The largest absolute Gasteiger partial charge is 1.00 e. The Morgan fingerprint density at radius 3 is 1.69 bits per heavy atom. The van der Waals surface area contributed by atoms with Gasteiger partial charge < -0.3 is 27.9 Å². The van der Waals surface area contributed by atoms with Gasteiger partial charge in [-0.05, 0) is 51.2 Å². The van der Waals surface area contributed by atoms with Crippen LogP contribution in [0.2, 0.25) is 0 Å². The second kappa shape index (κ2) is 21.6. The van der Waals surface area contributed by atoms with Crippen molar-refractivity contribution in [2.24, 2.45) is 0 Å². The van der Waals surface area contributed by atoms with Crippen LogP contribution in [0.25, 0.3) is 0 Å². The van der Waals surface area contributed by atoms with E-state index >= 15 is 0 Å². The Balaban J connectivity index is 0. The number of hydrogen-bond donors (Lipinski definition) is 3. The second-order valence-corrected chi connectivity index (χ2v) is 10.7. The molecule has 0 saturated heterocycles. The number of benzene rings is 1. The standard InChI is InChI=1S/C16H25NO4S.C9H19NO2.ClH/c1-14-9-11-15(12-10-14)22(20,21)17(2)13-7-5-3-4-6-8-16(18)19;1-10-8-6-4-2-3-5-7-9(11)12;/h9-12H,3-8,13H2,1-2H3,(H,18,19);10H,2-8H2,1H3,(H,11,12);1H. The Bertz CT molecular complexity index is 788. The normalized spacial score (nSPS) is 10.9. The summed E-state index contributed by atoms with van der Waals surface area (Å²) in [5, 5.41) is 19.1. The number of rotatable bonds is 18. The first kappa shape index (κ1) is 35.5. The highest BCUT2D eigenvalue weighted by Gasteiger charge is 2.19. The molecule has 0 fully saturated rings. The maximum Gasteiger partial charge on any atom is 0.303 e. The summed E-state index contributed by atoms with van der Waals surface area (Å²) in [6, 6.07) is 6.85. The van der Waals surface area contributed by atoms with Crippen LogP contribution in [0.5, 0.6) is 0 Å². The molecule has 8 nitrogen and oxygen atoms in total. The summed E-state index contributed by atoms with van der Waals surface area (Å²) < 4.78 is 26.1. The molecule has 0 saturated carbocycles. The molecule has 0 heterocycles. The van der Waals surface area contributed by atoms with E-state index in [1.165, 1.54) is 30.1 Å². The zero-order chi connectivity index (χ0) is 25.8. The number of aryl methyl sites for hydroxylation is 1. The van der Waals surface area contributed by atoms with Crippen LogP contribution >= 0.6 is 0 Å². The fourth-order valence-corrected chi connectivity index (χ4v) is 4.52. The molecule has 0 bridgehead atoms. The molecule has 0 aromatic heterocycles. The van der Waals surface area contributed by atoms with Crippen molar-refractivity contribution in [3.8, 4) is 0 Å². The number of unbranched alkanes of at least 4 members (excludes halogenated alkanes) is 8. The molecule has 0 spiro atoms. The van der Waals surface area contributed by atoms with E-state index in [-0.39, 0.29) is 18.8 Å². The summed E-state index contributed by atoms with van der Waals surface area (Å²) in [6.45, 7) is 3.60. The summed E-state index contributed by atoms with van der Waals surface area (Å²) >= 11 is 0. The van der Waals surface area contributed by atoms with Gasteiger partial charge in [-0.15, -0.1) is 0 Å². The van der Waals surface area contributed by atoms with Gasteiger partial charge in [0, 0.05) is 26.4 Å². The predicted molar refractivity (Wildman–Crippen MR) is 134 cm³/mol. The third-order valence-electron chi connectivity index (χ3n) is 5.48. The van der Waals surface area contributed by atoms with Crippen molar-refractivity contribution in [1.82, 2.24) is 4.31 Å². The number of nitrogens with zero attached hydrogens (tertiary/aromatic N) is 1. The molecule has 0 aliphatic carbocycles. The van der Waals surface area contributed by atoms with Gasteiger partial charge in [0.1, 0.15) is 0 Å². The molecule has 0 aliphatic rings. The molecule has 10 heteroatoms. The molecule has 1 aromatic rings. The molecule has 35 heavy (non-hydrogen) atoms. The molecular formula is C25H45ClN2O6S. The molecule has 0 atom stereocenters. The predicted octanol–water partition coefficient (Wildman–Crippen LogP) is 0.650. The van der Waals surface area contributed by atoms with E-state index in [9.17, 15) is 18.0 Å². The first-order valence-electron chi connectivity index (χ1n) is 12.4. The maximum absolute atomic E-state index is 12.3. The number of aliphatic carboxylic acids is 2. The van der Waals surface area contributed by atoms with Gasteiger partial charge in [-0.3, -0.25) is 9.59 Å². The number of carbonyl (C=O) groups is 2. The van der Waals surface area contributed by atoms with Gasteiger partial charge in [0.25, 0.3) is 0 Å². The Labute approximate surface area is 218 Å². The summed E-state index contributed by atoms with van der Waals surface area (Å²) in [7, 11) is 0.262. The molecule has 4 N–H and O–H groups in total. The average molecular weight is 537 g/mol. The maximum atomic E-state index is 12.3. The quantitative estimate of drug-likeness (QED) is 0.236. The van der Waals surface area contributed by atoms with E-state index in [1.807, 2.05) is 6.92 Å². The van der Waals surface area contributed by atoms with Crippen molar-refractivity contribution in [3.63, 3.8) is 0 Å². The Kier molecular flexibility index (Phi) is 21.9. The van der Waals surface area contributed by atoms with Crippen LogP contribution in [-0.2, 0) is 19.6 Å². The number of hydrogen-bond acceptors (Lipinski definition) is 4. The van der Waals surface area contributed by atoms with Crippen LogP contribution in [0.4, 0.5) is 0 Å². The Hall–Kier alpha value is -1.68. The summed E-state index contributed by atoms with van der Waals surface area (Å²) in [5.41, 5.74) is 1.03. The fourth-order valence-electron chi connectivity index (χ4n) is 3.31. The molecule has 0 amide bonds. The van der Waals surface area contributed by atoms with Crippen LogP contribution in [0.15, 0.2) is 29.2 Å². The number of nitrogens with two attached hydrogens (primary N) is 1. The third-order valence-corrected chi connectivity index (χ3v) is 7.35. The molecule has 0 unspecified atom stereocenters. The minimum Gasteiger partial charge on any atom is -1.00 e. The lowest BCUT2D eigenvalue weighted by molar-refractivity contribution is -0.627. The molecule has 1 aromatic carbocycles. The van der Waals surface area contributed by atoms with Crippen molar-refractivity contribution in [1.29, 1.82) is 0 Å². The van der Waals surface area contributed by atoms with Crippen LogP contribution in [-0.4, -0.2) is 62.1 Å². The highest BCUT2D eigenvalue weighted by Crippen LogP contribution is 2.16. The fraction of sp³-hybridized carbons (Fsp3) is 0.680. The van der Waals surface area contributed by atoms with Crippen LogP contribution in [0.1, 0.15) is 82.6 Å². The molecule has 204 valence electrons. The number of carboxylic acids is 2. The highest BCUT2D eigenvalue weighted by molar-refractivity contribution is 7.89. The zero-order valence-corrected chi connectivity index (χ0v) is 23.1. The number of sulfonamides is 1. The Morgan fingerprint density at radius 1 is 0.800 bits per heavy atom. The van der Waals surface area contributed by atoms with Crippen molar-refractivity contribution in [3.05, 3.63) is 29.8 Å². The number of quaternary nitrogens is 1. The van der Waals surface area contributed by atoms with Gasteiger partial charge in [0.2, 0.25) is 10.0 Å². The van der Waals surface area contributed by atoms with Gasteiger partial charge in [-0.1, -0.05) is 49.8 Å². The van der Waals surface area contributed by atoms with E-state index < -0.39 is 22.0 Å². The van der Waals surface area contributed by atoms with Crippen molar-refractivity contribution in [2.45, 2.75) is 88.9 Å². The molecular weight excluding hydrogens is 492 g/mol. The van der Waals surface area contributed by atoms with Crippen molar-refractivity contribution >= 4 is 22.0 Å². The molecule has 1 rings (SSSR count). The first-order chi connectivity index (χ1) is 16.1. The summed E-state index contributed by atoms with van der Waals surface area (Å²) in [5.74, 6) is -1.43. The molecule has 0 aliphatic heterocycles. The van der Waals surface area contributed by atoms with Gasteiger partial charge >= 0.3 is 11.9 Å². The Morgan fingerprint density at radius 2 is 1.23 bits per heavy atom. The van der Waals surface area contributed by atoms with Gasteiger partial charge in [-0.2, -0.15) is 0 Å². The zero-order valence-electron chi connectivity index (χ0n) is 21.5. The van der Waals surface area contributed by atoms with Gasteiger partial charge in [0.05, 0.1) is 18.5 Å². The lowest BCUT2D eigenvalue weighted by atomic mass is 10.1. The lowest BCUT2D eigenvalue weighted by Gasteiger charge is -2.17. The smallest absolute Gasteiger partial charge is 0.303 e. The minimum absolute atomic E-state index is 0. The van der Waals surface area contributed by atoms with Crippen LogP contribution < -0.4 is 17.7 Å². The van der Waals surface area contributed by atoms with E-state index in [1.54, 1.807) is 31.3 Å². The van der Waals surface area contributed by atoms with Crippen molar-refractivity contribution < 1.29 is 45.9 Å². The average Bonchev–Trinajstić information content (AvgIpc) is 2.78. The van der Waals surface area contributed by atoms with E-state index in [2.05, 4.69) is 12.4 Å². The second-order valence-electron chi connectivity index (χ2n) is 8.66. The summed E-state index contributed by atoms with van der Waals surface area (Å²) in [4.78, 5) is 20.8. The highest BCUT2D eigenvalue weighted by atomic mass is 35.5. The van der Waals surface area contributed by atoms with Gasteiger partial charge in [0.15, 0.2) is 0 Å². The van der Waals surface area contributed by atoms with E-state index in [4.69, 9.17) is 10.2 Å². The lowest BCUT2D eigenvalue weighted by Crippen LogP contribution is -3.00. The minimum atomic E-state index is -3.41. The molecule has 0 radical (unpaired) electrons. The first-order valence-corrected chi connectivity index (χ1v) is 13.8. The SMILES string of the molecule is C[NH2+]CCCCCCCC(=O)O.Cc1ccc(S(=O)(=O)N(C)CCCCCCCC(=O)O)cc1.[Cl-].